The van der Waals surface area contributed by atoms with E-state index in [1.54, 1.807) is 12.1 Å². The van der Waals surface area contributed by atoms with Crippen LogP contribution in [0.15, 0.2) is 57.9 Å². The molecule has 2 aromatic rings. The average molecular weight is 439 g/mol. The summed E-state index contributed by atoms with van der Waals surface area (Å²) in [4.78, 5) is 12.4. The molecule has 138 valence electrons. The predicted molar refractivity (Wildman–Crippen MR) is 103 cm³/mol. The Morgan fingerprint density at radius 3 is 2.62 bits per heavy atom. The maximum atomic E-state index is 12.3. The largest absolute Gasteiger partial charge is 0.377 e. The summed E-state index contributed by atoms with van der Waals surface area (Å²) < 4.78 is 33.5. The highest BCUT2D eigenvalue weighted by Gasteiger charge is 2.20. The van der Waals surface area contributed by atoms with Gasteiger partial charge in [0.05, 0.1) is 11.0 Å². The van der Waals surface area contributed by atoms with Crippen LogP contribution in [0.3, 0.4) is 0 Å². The molecule has 2 N–H and O–H groups in total. The van der Waals surface area contributed by atoms with Crippen molar-refractivity contribution < 1.29 is 17.9 Å². The average Bonchev–Trinajstić information content (AvgIpc) is 3.14. The van der Waals surface area contributed by atoms with Crippen molar-refractivity contribution in [1.29, 1.82) is 0 Å². The fraction of sp³-hybridized carbons (Fsp3) is 0.278. The molecule has 0 radical (unpaired) electrons. The van der Waals surface area contributed by atoms with Crippen LogP contribution in [-0.4, -0.2) is 33.6 Å². The van der Waals surface area contributed by atoms with Crippen molar-refractivity contribution in [3.63, 3.8) is 0 Å². The Balaban J connectivity index is 1.64. The van der Waals surface area contributed by atoms with Crippen LogP contribution in [0, 0.1) is 0 Å². The van der Waals surface area contributed by atoms with Gasteiger partial charge in [-0.3, -0.25) is 4.79 Å². The van der Waals surface area contributed by atoms with Gasteiger partial charge in [0, 0.05) is 28.9 Å². The highest BCUT2D eigenvalue weighted by molar-refractivity contribution is 9.10. The molecule has 1 amide bonds. The zero-order valence-electron chi connectivity index (χ0n) is 13.9. The summed E-state index contributed by atoms with van der Waals surface area (Å²) in [5.74, 6) is -0.306. The number of nitrogens with one attached hydrogen (secondary N) is 2. The summed E-state index contributed by atoms with van der Waals surface area (Å²) in [6.45, 7) is 0.932. The van der Waals surface area contributed by atoms with Gasteiger partial charge < -0.3 is 10.1 Å². The van der Waals surface area contributed by atoms with Crippen molar-refractivity contribution >= 4 is 37.5 Å². The number of hydrogen-bond donors (Lipinski definition) is 2. The van der Waals surface area contributed by atoms with Crippen LogP contribution in [0.1, 0.15) is 23.2 Å². The molecular formula is C18H19BrN2O4S. The quantitative estimate of drug-likeness (QED) is 0.725. The minimum absolute atomic E-state index is 0.0694. The number of sulfonamides is 1. The van der Waals surface area contributed by atoms with E-state index >= 15 is 0 Å². The molecule has 1 aliphatic rings. The molecule has 8 heteroatoms. The van der Waals surface area contributed by atoms with Crippen LogP contribution in [-0.2, 0) is 14.8 Å². The smallest absolute Gasteiger partial charge is 0.255 e. The highest BCUT2D eigenvalue weighted by atomic mass is 79.9. The first-order chi connectivity index (χ1) is 12.4. The van der Waals surface area contributed by atoms with Crippen LogP contribution in [0.4, 0.5) is 5.69 Å². The third kappa shape index (κ3) is 4.91. The molecule has 0 aliphatic carbocycles. The first kappa shape index (κ1) is 19.0. The Morgan fingerprint density at radius 1 is 1.19 bits per heavy atom. The third-order valence-corrected chi connectivity index (χ3v) is 5.97. The van der Waals surface area contributed by atoms with Crippen LogP contribution >= 0.6 is 15.9 Å². The maximum absolute atomic E-state index is 12.3. The van der Waals surface area contributed by atoms with Gasteiger partial charge in [-0.2, -0.15) is 0 Å². The Hall–Kier alpha value is -1.74. The van der Waals surface area contributed by atoms with Crippen LogP contribution in [0.25, 0.3) is 0 Å². The Bertz CT molecular complexity index is 878. The number of rotatable bonds is 6. The van der Waals surface area contributed by atoms with E-state index in [0.29, 0.717) is 17.9 Å². The monoisotopic (exact) mass is 438 g/mol. The van der Waals surface area contributed by atoms with E-state index in [0.717, 1.165) is 17.3 Å². The normalized spacial score (nSPS) is 17.2. The lowest BCUT2D eigenvalue weighted by molar-refractivity contribution is 0.102. The molecule has 0 bridgehead atoms. The molecule has 2 aromatic carbocycles. The molecular weight excluding hydrogens is 420 g/mol. The summed E-state index contributed by atoms with van der Waals surface area (Å²) >= 11 is 3.34. The minimum atomic E-state index is -3.62. The lowest BCUT2D eigenvalue weighted by Crippen LogP contribution is -2.31. The van der Waals surface area contributed by atoms with E-state index in [9.17, 15) is 13.2 Å². The molecule has 0 saturated carbocycles. The molecule has 1 unspecified atom stereocenters. The van der Waals surface area contributed by atoms with Gasteiger partial charge in [0.1, 0.15) is 0 Å². The molecule has 1 heterocycles. The lowest BCUT2D eigenvalue weighted by Gasteiger charge is -2.12. The van der Waals surface area contributed by atoms with E-state index in [1.165, 1.54) is 24.3 Å². The fourth-order valence-corrected chi connectivity index (χ4v) is 4.11. The van der Waals surface area contributed by atoms with E-state index in [2.05, 4.69) is 26.0 Å². The van der Waals surface area contributed by atoms with Gasteiger partial charge in [-0.05, 0) is 55.3 Å². The topological polar surface area (TPSA) is 84.5 Å². The summed E-state index contributed by atoms with van der Waals surface area (Å²) in [5.41, 5.74) is 1.03. The van der Waals surface area contributed by atoms with Gasteiger partial charge in [-0.25, -0.2) is 13.1 Å². The highest BCUT2D eigenvalue weighted by Crippen LogP contribution is 2.18. The van der Waals surface area contributed by atoms with Crippen LogP contribution in [0.2, 0.25) is 0 Å². The Kier molecular flexibility index (Phi) is 6.08. The molecule has 1 saturated heterocycles. The van der Waals surface area contributed by atoms with Gasteiger partial charge in [0.25, 0.3) is 5.91 Å². The van der Waals surface area contributed by atoms with Crippen molar-refractivity contribution in [3.05, 3.63) is 58.6 Å². The second kappa shape index (κ2) is 8.30. The standard InChI is InChI=1S/C18H19BrN2O4S/c19-14-3-1-4-15(11-14)21-18(22)13-6-8-17(9-7-13)26(23,24)20-12-16-5-2-10-25-16/h1,3-4,6-9,11,16,20H,2,5,10,12H2,(H,21,22). The molecule has 26 heavy (non-hydrogen) atoms. The zero-order valence-corrected chi connectivity index (χ0v) is 16.3. The number of amides is 1. The van der Waals surface area contributed by atoms with Crippen molar-refractivity contribution in [2.45, 2.75) is 23.8 Å². The van der Waals surface area contributed by atoms with E-state index in [-0.39, 0.29) is 23.5 Å². The minimum Gasteiger partial charge on any atom is -0.377 e. The van der Waals surface area contributed by atoms with E-state index in [1.807, 2.05) is 12.1 Å². The molecule has 0 aromatic heterocycles. The Morgan fingerprint density at radius 2 is 1.96 bits per heavy atom. The van der Waals surface area contributed by atoms with Gasteiger partial charge in [-0.1, -0.05) is 22.0 Å². The van der Waals surface area contributed by atoms with Crippen molar-refractivity contribution in [2.24, 2.45) is 0 Å². The second-order valence-corrected chi connectivity index (χ2v) is 8.66. The number of halogens is 1. The third-order valence-electron chi connectivity index (χ3n) is 4.03. The van der Waals surface area contributed by atoms with Gasteiger partial charge in [0.15, 0.2) is 0 Å². The number of anilines is 1. The molecule has 1 aliphatic heterocycles. The summed E-state index contributed by atoms with van der Waals surface area (Å²) in [6.07, 6.45) is 1.74. The van der Waals surface area contributed by atoms with E-state index in [4.69, 9.17) is 4.74 Å². The second-order valence-electron chi connectivity index (χ2n) is 5.98. The first-order valence-corrected chi connectivity index (χ1v) is 10.5. The van der Waals surface area contributed by atoms with Gasteiger partial charge in [-0.15, -0.1) is 0 Å². The SMILES string of the molecule is O=C(Nc1cccc(Br)c1)c1ccc(S(=O)(=O)NCC2CCCO2)cc1. The van der Waals surface area contributed by atoms with Gasteiger partial charge in [0.2, 0.25) is 10.0 Å². The predicted octanol–water partition coefficient (Wildman–Crippen LogP) is 3.16. The summed E-state index contributed by atoms with van der Waals surface area (Å²) in [7, 11) is -3.62. The fourth-order valence-electron chi connectivity index (χ4n) is 2.65. The zero-order chi connectivity index (χ0) is 18.6. The van der Waals surface area contributed by atoms with Crippen LogP contribution < -0.4 is 10.0 Å². The van der Waals surface area contributed by atoms with Crippen molar-refractivity contribution in [2.75, 3.05) is 18.5 Å². The molecule has 3 rings (SSSR count). The molecule has 1 fully saturated rings. The maximum Gasteiger partial charge on any atom is 0.255 e. The molecule has 0 spiro atoms. The molecule has 1 atom stereocenters. The number of carbonyl (C=O) groups is 1. The lowest BCUT2D eigenvalue weighted by atomic mass is 10.2. The number of hydrogen-bond acceptors (Lipinski definition) is 4. The van der Waals surface area contributed by atoms with Crippen molar-refractivity contribution in [1.82, 2.24) is 4.72 Å². The number of benzene rings is 2. The van der Waals surface area contributed by atoms with Gasteiger partial charge >= 0.3 is 0 Å². The van der Waals surface area contributed by atoms with Crippen LogP contribution in [0.5, 0.6) is 0 Å². The number of carbonyl (C=O) groups excluding carboxylic acids is 1. The molecule has 6 nitrogen and oxygen atoms in total. The van der Waals surface area contributed by atoms with E-state index < -0.39 is 10.0 Å². The van der Waals surface area contributed by atoms with Crippen molar-refractivity contribution in [3.8, 4) is 0 Å². The first-order valence-electron chi connectivity index (χ1n) is 8.22. The Labute approximate surface area is 161 Å². The summed E-state index contributed by atoms with van der Waals surface area (Å²) in [6, 6.07) is 13.1. The summed E-state index contributed by atoms with van der Waals surface area (Å²) in [5, 5.41) is 2.77. The number of ether oxygens (including phenoxy) is 1.